The molecule has 2 N–H and O–H groups in total. The predicted molar refractivity (Wildman–Crippen MR) is 78.8 cm³/mol. The van der Waals surface area contributed by atoms with Crippen LogP contribution in [0.5, 0.6) is 5.75 Å². The summed E-state index contributed by atoms with van der Waals surface area (Å²) in [6.07, 6.45) is 0.934. The van der Waals surface area contributed by atoms with Crippen molar-refractivity contribution in [3.05, 3.63) is 52.8 Å². The van der Waals surface area contributed by atoms with E-state index in [-0.39, 0.29) is 5.82 Å². The largest absolute Gasteiger partial charge is 0.493 e. The van der Waals surface area contributed by atoms with E-state index < -0.39 is 0 Å². The number of hydrogen-bond donors (Lipinski definition) is 1. The van der Waals surface area contributed by atoms with Crippen molar-refractivity contribution in [2.75, 3.05) is 13.2 Å². The van der Waals surface area contributed by atoms with E-state index in [9.17, 15) is 4.39 Å². The highest BCUT2D eigenvalue weighted by Crippen LogP contribution is 2.38. The Bertz CT molecular complexity index is 644. The van der Waals surface area contributed by atoms with Crippen LogP contribution in [0.15, 0.2) is 36.4 Å². The summed E-state index contributed by atoms with van der Waals surface area (Å²) >= 11 is 6.14. The monoisotopic (exact) mass is 291 g/mol. The molecule has 1 atom stereocenters. The third-order valence-electron chi connectivity index (χ3n) is 3.70. The molecular formula is C16H15ClFNO. The van der Waals surface area contributed by atoms with Crippen LogP contribution in [0.25, 0.3) is 11.1 Å². The van der Waals surface area contributed by atoms with Gasteiger partial charge in [0.15, 0.2) is 0 Å². The Labute approximate surface area is 122 Å². The summed E-state index contributed by atoms with van der Waals surface area (Å²) in [6.45, 7) is 1.27. The number of benzene rings is 2. The second-order valence-electron chi connectivity index (χ2n) is 4.95. The fraction of sp³-hybridized carbons (Fsp3) is 0.250. The van der Waals surface area contributed by atoms with Crippen LogP contribution in [-0.2, 0) is 0 Å². The van der Waals surface area contributed by atoms with E-state index in [1.54, 1.807) is 6.07 Å². The van der Waals surface area contributed by atoms with E-state index in [0.717, 1.165) is 23.3 Å². The van der Waals surface area contributed by atoms with Crippen molar-refractivity contribution < 1.29 is 9.13 Å². The molecule has 1 heterocycles. The van der Waals surface area contributed by atoms with Crippen LogP contribution in [0, 0.1) is 5.82 Å². The second kappa shape index (κ2) is 5.43. The maximum atomic E-state index is 13.4. The van der Waals surface area contributed by atoms with Gasteiger partial charge in [0, 0.05) is 16.5 Å². The van der Waals surface area contributed by atoms with Gasteiger partial charge in [0.05, 0.1) is 6.61 Å². The highest BCUT2D eigenvalue weighted by Gasteiger charge is 2.21. The number of hydrogen-bond acceptors (Lipinski definition) is 2. The van der Waals surface area contributed by atoms with Crippen LogP contribution in [-0.4, -0.2) is 13.2 Å². The molecule has 0 saturated heterocycles. The number of ether oxygens (including phenoxy) is 1. The minimum Gasteiger partial charge on any atom is -0.493 e. The van der Waals surface area contributed by atoms with Crippen LogP contribution in [0.4, 0.5) is 4.39 Å². The van der Waals surface area contributed by atoms with E-state index >= 15 is 0 Å². The Kier molecular flexibility index (Phi) is 3.64. The fourth-order valence-electron chi connectivity index (χ4n) is 2.59. The Morgan fingerprint density at radius 3 is 2.90 bits per heavy atom. The van der Waals surface area contributed by atoms with Gasteiger partial charge in [-0.15, -0.1) is 0 Å². The van der Waals surface area contributed by atoms with Gasteiger partial charge in [-0.1, -0.05) is 23.7 Å². The smallest absolute Gasteiger partial charge is 0.123 e. The Morgan fingerprint density at radius 2 is 2.10 bits per heavy atom. The lowest BCUT2D eigenvalue weighted by atomic mass is 9.91. The molecule has 0 aliphatic carbocycles. The highest BCUT2D eigenvalue weighted by atomic mass is 35.5. The molecule has 1 aliphatic heterocycles. The Hall–Kier alpha value is -1.58. The second-order valence-corrected chi connectivity index (χ2v) is 5.35. The van der Waals surface area contributed by atoms with Gasteiger partial charge < -0.3 is 10.5 Å². The normalized spacial score (nSPS) is 17.4. The van der Waals surface area contributed by atoms with Crippen LogP contribution in [0.3, 0.4) is 0 Å². The molecule has 2 aromatic carbocycles. The zero-order chi connectivity index (χ0) is 14.1. The average molecular weight is 292 g/mol. The number of rotatable bonds is 2. The summed E-state index contributed by atoms with van der Waals surface area (Å²) in [6, 6.07) is 10.2. The SMILES string of the molecule is NC[C@@H]1CCOc2cc(-c3cc(F)ccc3Cl)ccc21. The molecule has 0 amide bonds. The molecule has 0 bridgehead atoms. The van der Waals surface area contributed by atoms with Gasteiger partial charge in [0.25, 0.3) is 0 Å². The lowest BCUT2D eigenvalue weighted by Crippen LogP contribution is -2.20. The fourth-order valence-corrected chi connectivity index (χ4v) is 2.82. The summed E-state index contributed by atoms with van der Waals surface area (Å²) in [5.74, 6) is 0.850. The molecule has 0 spiro atoms. The van der Waals surface area contributed by atoms with Gasteiger partial charge in [-0.05, 0) is 48.4 Å². The van der Waals surface area contributed by atoms with Gasteiger partial charge >= 0.3 is 0 Å². The van der Waals surface area contributed by atoms with Crippen LogP contribution in [0.2, 0.25) is 5.02 Å². The van der Waals surface area contributed by atoms with Crippen LogP contribution >= 0.6 is 11.6 Å². The summed E-state index contributed by atoms with van der Waals surface area (Å²) in [5.41, 5.74) is 8.43. The first-order valence-electron chi connectivity index (χ1n) is 6.61. The minimum atomic E-state index is -0.303. The molecule has 20 heavy (non-hydrogen) atoms. The molecule has 0 fully saturated rings. The first-order chi connectivity index (χ1) is 9.69. The first-order valence-corrected chi connectivity index (χ1v) is 6.99. The van der Waals surface area contributed by atoms with Gasteiger partial charge in [-0.25, -0.2) is 4.39 Å². The summed E-state index contributed by atoms with van der Waals surface area (Å²) < 4.78 is 19.1. The third-order valence-corrected chi connectivity index (χ3v) is 4.03. The molecule has 4 heteroatoms. The summed E-state index contributed by atoms with van der Waals surface area (Å²) in [7, 11) is 0. The van der Waals surface area contributed by atoms with Gasteiger partial charge in [-0.2, -0.15) is 0 Å². The molecule has 0 radical (unpaired) electrons. The third kappa shape index (κ3) is 2.39. The van der Waals surface area contributed by atoms with Crippen molar-refractivity contribution in [3.63, 3.8) is 0 Å². The van der Waals surface area contributed by atoms with E-state index in [0.29, 0.717) is 29.7 Å². The molecule has 0 unspecified atom stereocenters. The molecule has 1 aliphatic rings. The van der Waals surface area contributed by atoms with E-state index in [2.05, 4.69) is 0 Å². The van der Waals surface area contributed by atoms with Crippen molar-refractivity contribution >= 4 is 11.6 Å². The van der Waals surface area contributed by atoms with Crippen LogP contribution in [0.1, 0.15) is 17.9 Å². The number of halogens is 2. The molecule has 104 valence electrons. The van der Waals surface area contributed by atoms with Gasteiger partial charge in [0.1, 0.15) is 11.6 Å². The lowest BCUT2D eigenvalue weighted by Gasteiger charge is -2.25. The highest BCUT2D eigenvalue weighted by molar-refractivity contribution is 6.33. The molecule has 3 rings (SSSR count). The average Bonchev–Trinajstić information content (AvgIpc) is 2.48. The molecule has 2 nitrogen and oxygen atoms in total. The molecule has 2 aromatic rings. The zero-order valence-electron chi connectivity index (χ0n) is 10.9. The molecular weight excluding hydrogens is 277 g/mol. The lowest BCUT2D eigenvalue weighted by molar-refractivity contribution is 0.269. The van der Waals surface area contributed by atoms with Crippen molar-refractivity contribution in [2.45, 2.75) is 12.3 Å². The predicted octanol–water partition coefficient (Wildman–Crippen LogP) is 3.97. The van der Waals surface area contributed by atoms with Crippen LogP contribution < -0.4 is 10.5 Å². The zero-order valence-corrected chi connectivity index (χ0v) is 11.7. The van der Waals surface area contributed by atoms with E-state index in [1.165, 1.54) is 12.1 Å². The maximum absolute atomic E-state index is 13.4. The van der Waals surface area contributed by atoms with Crippen molar-refractivity contribution in [3.8, 4) is 16.9 Å². The number of fused-ring (bicyclic) bond motifs is 1. The van der Waals surface area contributed by atoms with Crippen molar-refractivity contribution in [1.29, 1.82) is 0 Å². The first kappa shape index (κ1) is 13.4. The van der Waals surface area contributed by atoms with Crippen molar-refractivity contribution in [1.82, 2.24) is 0 Å². The Balaban J connectivity index is 2.06. The molecule has 0 aromatic heterocycles. The topological polar surface area (TPSA) is 35.2 Å². The van der Waals surface area contributed by atoms with Gasteiger partial charge in [0.2, 0.25) is 0 Å². The Morgan fingerprint density at radius 1 is 1.25 bits per heavy atom. The van der Waals surface area contributed by atoms with Gasteiger partial charge in [-0.3, -0.25) is 0 Å². The molecule has 0 saturated carbocycles. The van der Waals surface area contributed by atoms with Crippen molar-refractivity contribution in [2.24, 2.45) is 5.73 Å². The van der Waals surface area contributed by atoms with E-state index in [1.807, 2.05) is 18.2 Å². The number of nitrogens with two attached hydrogens (primary N) is 1. The van der Waals surface area contributed by atoms with E-state index in [4.69, 9.17) is 22.1 Å². The summed E-state index contributed by atoms with van der Waals surface area (Å²) in [4.78, 5) is 0. The standard InChI is InChI=1S/C16H15ClFNO/c17-15-4-2-12(18)8-14(15)10-1-3-13-11(9-19)5-6-20-16(13)7-10/h1-4,7-8,11H,5-6,9,19H2/t11-/m0/s1. The summed E-state index contributed by atoms with van der Waals surface area (Å²) in [5, 5.41) is 0.525. The maximum Gasteiger partial charge on any atom is 0.123 e. The minimum absolute atomic E-state index is 0.303. The quantitative estimate of drug-likeness (QED) is 0.908.